The van der Waals surface area contributed by atoms with Gasteiger partial charge in [-0.25, -0.2) is 0 Å². The maximum atomic E-state index is 12.5. The van der Waals surface area contributed by atoms with Crippen LogP contribution < -0.4 is 0 Å². The summed E-state index contributed by atoms with van der Waals surface area (Å²) < 4.78 is 37.8. The molecule has 0 N–H and O–H groups in total. The summed E-state index contributed by atoms with van der Waals surface area (Å²) in [6.45, 7) is 0. The highest BCUT2D eigenvalue weighted by molar-refractivity contribution is 9.10. The Bertz CT molecular complexity index is 381. The van der Waals surface area contributed by atoms with E-state index in [1.165, 1.54) is 6.20 Å². The Kier molecular flexibility index (Phi) is 3.88. The van der Waals surface area contributed by atoms with Crippen LogP contribution in [0.4, 0.5) is 13.2 Å². The fourth-order valence-electron chi connectivity index (χ4n) is 0.961. The number of hydrogen-bond acceptors (Lipinski definition) is 2. The molecule has 1 aromatic heterocycles. The summed E-state index contributed by atoms with van der Waals surface area (Å²) in [5.74, 6) is 0. The third-order valence-electron chi connectivity index (χ3n) is 1.57. The van der Waals surface area contributed by atoms with Crippen LogP contribution in [0.3, 0.4) is 0 Å². The van der Waals surface area contributed by atoms with Crippen molar-refractivity contribution in [2.24, 2.45) is 0 Å². The number of nitrogens with zero attached hydrogens (tertiary/aromatic N) is 1. The zero-order valence-electron chi connectivity index (χ0n) is 7.05. The van der Waals surface area contributed by atoms with Gasteiger partial charge in [-0.05, 0) is 22.0 Å². The van der Waals surface area contributed by atoms with E-state index >= 15 is 0 Å². The van der Waals surface area contributed by atoms with Gasteiger partial charge in [0.25, 0.3) is 0 Å². The number of carbonyl (C=O) groups is 1. The van der Waals surface area contributed by atoms with E-state index in [0.717, 1.165) is 6.07 Å². The topological polar surface area (TPSA) is 30.0 Å². The lowest BCUT2D eigenvalue weighted by molar-refractivity contribution is -0.138. The van der Waals surface area contributed by atoms with Crippen molar-refractivity contribution in [1.29, 1.82) is 0 Å². The van der Waals surface area contributed by atoms with Gasteiger partial charge in [-0.3, -0.25) is 4.98 Å². The van der Waals surface area contributed by atoms with Gasteiger partial charge in [0.1, 0.15) is 11.1 Å². The molecule has 0 bridgehead atoms. The van der Waals surface area contributed by atoms with E-state index < -0.39 is 16.6 Å². The molecule has 15 heavy (non-hydrogen) atoms. The third-order valence-corrected chi connectivity index (χ3v) is 2.65. The van der Waals surface area contributed by atoms with Gasteiger partial charge in [-0.15, -0.1) is 0 Å². The average molecular weight is 347 g/mol. The van der Waals surface area contributed by atoms with Crippen LogP contribution in [0.1, 0.15) is 16.1 Å². The van der Waals surface area contributed by atoms with Crippen LogP contribution in [-0.4, -0.2) is 11.3 Å². The summed E-state index contributed by atoms with van der Waals surface area (Å²) >= 11 is 5.70. The molecule has 0 saturated heterocycles. The quantitative estimate of drug-likeness (QED) is 0.606. The molecule has 1 aromatic rings. The maximum absolute atomic E-state index is 12.5. The normalized spacial score (nSPS) is 13.7. The number of aromatic nitrogens is 1. The van der Waals surface area contributed by atoms with Gasteiger partial charge in [0.05, 0.1) is 11.3 Å². The highest BCUT2D eigenvalue weighted by Gasteiger charge is 2.36. The third kappa shape index (κ3) is 3.01. The van der Waals surface area contributed by atoms with E-state index in [1.807, 2.05) is 0 Å². The lowest BCUT2D eigenvalue weighted by Crippen LogP contribution is -2.12. The first-order valence-electron chi connectivity index (χ1n) is 3.68. The highest BCUT2D eigenvalue weighted by atomic mass is 79.9. The fraction of sp³-hybridized carbons (Fsp3) is 0.250. The number of alkyl halides is 4. The minimum atomic E-state index is -4.53. The monoisotopic (exact) mass is 345 g/mol. The molecule has 0 amide bonds. The van der Waals surface area contributed by atoms with Crippen molar-refractivity contribution < 1.29 is 18.0 Å². The molecule has 0 spiro atoms. The fourth-order valence-corrected chi connectivity index (χ4v) is 1.66. The van der Waals surface area contributed by atoms with E-state index in [4.69, 9.17) is 0 Å². The molecule has 0 aliphatic rings. The van der Waals surface area contributed by atoms with Crippen molar-refractivity contribution in [1.82, 2.24) is 4.98 Å². The van der Waals surface area contributed by atoms with Gasteiger partial charge >= 0.3 is 6.18 Å². The van der Waals surface area contributed by atoms with Gasteiger partial charge in [-0.2, -0.15) is 13.2 Å². The first-order chi connectivity index (χ1) is 6.86. The summed E-state index contributed by atoms with van der Waals surface area (Å²) in [5, 5.41) is 0. The number of rotatable bonds is 2. The van der Waals surface area contributed by atoms with Crippen LogP contribution in [-0.2, 0) is 11.0 Å². The molecule has 1 rings (SSSR count). The molecule has 7 heteroatoms. The van der Waals surface area contributed by atoms with E-state index in [9.17, 15) is 18.0 Å². The van der Waals surface area contributed by atoms with Crippen molar-refractivity contribution in [3.63, 3.8) is 0 Å². The zero-order chi connectivity index (χ0) is 11.6. The summed E-state index contributed by atoms with van der Waals surface area (Å²) in [6.07, 6.45) is -2.96. The van der Waals surface area contributed by atoms with Gasteiger partial charge in [-0.1, -0.05) is 15.9 Å². The number of hydrogen-bond donors (Lipinski definition) is 0. The first-order valence-corrected chi connectivity index (χ1v) is 5.39. The lowest BCUT2D eigenvalue weighted by atomic mass is 10.1. The predicted molar refractivity (Wildman–Crippen MR) is 54.7 cm³/mol. The molecule has 82 valence electrons. The van der Waals surface area contributed by atoms with Crippen LogP contribution in [0, 0.1) is 0 Å². The molecular formula is C8H4Br2F3NO. The average Bonchev–Trinajstić information content (AvgIpc) is 2.15. The SMILES string of the molecule is O=CC(Br)c1ncc(Br)cc1C(F)(F)F. The molecule has 2 nitrogen and oxygen atoms in total. The molecule has 0 fully saturated rings. The molecule has 0 radical (unpaired) electrons. The largest absolute Gasteiger partial charge is 0.418 e. The zero-order valence-corrected chi connectivity index (χ0v) is 10.2. The van der Waals surface area contributed by atoms with Crippen LogP contribution in [0.15, 0.2) is 16.7 Å². The molecule has 0 aliphatic heterocycles. The van der Waals surface area contributed by atoms with Crippen LogP contribution in [0.5, 0.6) is 0 Å². The Hall–Kier alpha value is -0.430. The Labute approximate surface area is 100 Å². The van der Waals surface area contributed by atoms with Crippen molar-refractivity contribution >= 4 is 38.1 Å². The second kappa shape index (κ2) is 4.61. The van der Waals surface area contributed by atoms with Crippen LogP contribution >= 0.6 is 31.9 Å². The van der Waals surface area contributed by atoms with Crippen LogP contribution in [0.2, 0.25) is 0 Å². The standard InChI is InChI=1S/C8H4Br2F3NO/c9-4-1-5(8(11,12)13)7(14-2-4)6(10)3-15/h1-3,6H. The van der Waals surface area contributed by atoms with Crippen molar-refractivity contribution in [2.45, 2.75) is 11.0 Å². The van der Waals surface area contributed by atoms with Gasteiger partial charge < -0.3 is 4.79 Å². The smallest absolute Gasteiger partial charge is 0.302 e. The van der Waals surface area contributed by atoms with Crippen LogP contribution in [0.25, 0.3) is 0 Å². The Morgan fingerprint density at radius 2 is 2.07 bits per heavy atom. The van der Waals surface area contributed by atoms with Gasteiger partial charge in [0, 0.05) is 10.7 Å². The first kappa shape index (κ1) is 12.6. The lowest BCUT2D eigenvalue weighted by Gasteiger charge is -2.12. The summed E-state index contributed by atoms with van der Waals surface area (Å²) in [4.78, 5) is 12.9. The summed E-state index contributed by atoms with van der Waals surface area (Å²) in [6, 6.07) is 0.889. The van der Waals surface area contributed by atoms with E-state index in [-0.39, 0.29) is 10.2 Å². The highest BCUT2D eigenvalue weighted by Crippen LogP contribution is 2.36. The minimum absolute atomic E-state index is 0.212. The number of halogens is 5. The van der Waals surface area contributed by atoms with Crippen molar-refractivity contribution in [3.05, 3.63) is 28.0 Å². The van der Waals surface area contributed by atoms with E-state index in [1.54, 1.807) is 0 Å². The Morgan fingerprint density at radius 1 is 1.47 bits per heavy atom. The second-order valence-corrected chi connectivity index (χ2v) is 4.52. The summed E-state index contributed by atoms with van der Waals surface area (Å²) in [5.41, 5.74) is -1.26. The molecule has 1 unspecified atom stereocenters. The predicted octanol–water partition coefficient (Wildman–Crippen LogP) is 3.50. The van der Waals surface area contributed by atoms with E-state index in [0.29, 0.717) is 6.29 Å². The number of pyridine rings is 1. The van der Waals surface area contributed by atoms with Gasteiger partial charge in [0.2, 0.25) is 0 Å². The molecular weight excluding hydrogens is 343 g/mol. The molecule has 1 heterocycles. The maximum Gasteiger partial charge on any atom is 0.418 e. The molecule has 0 saturated carbocycles. The van der Waals surface area contributed by atoms with Crippen molar-refractivity contribution in [2.75, 3.05) is 0 Å². The number of aldehydes is 1. The van der Waals surface area contributed by atoms with E-state index in [2.05, 4.69) is 36.8 Å². The second-order valence-electron chi connectivity index (χ2n) is 2.62. The van der Waals surface area contributed by atoms with Crippen molar-refractivity contribution in [3.8, 4) is 0 Å². The Morgan fingerprint density at radius 3 is 2.53 bits per heavy atom. The molecule has 1 atom stereocenters. The van der Waals surface area contributed by atoms with Gasteiger partial charge in [0.15, 0.2) is 0 Å². The molecule has 0 aliphatic carbocycles. The number of carbonyl (C=O) groups excluding carboxylic acids is 1. The minimum Gasteiger partial charge on any atom is -0.302 e. The Balaban J connectivity index is 3.33. The summed E-state index contributed by atoms with van der Waals surface area (Å²) in [7, 11) is 0. The molecule has 0 aromatic carbocycles.